The Hall–Kier alpha value is -2.87. The number of ether oxygens (including phenoxy) is 1. The van der Waals surface area contributed by atoms with Gasteiger partial charge in [0.05, 0.1) is 35.4 Å². The van der Waals surface area contributed by atoms with Gasteiger partial charge in [-0.3, -0.25) is 0 Å². The number of aromatic nitrogens is 3. The molecule has 0 spiro atoms. The van der Waals surface area contributed by atoms with E-state index >= 15 is 0 Å². The number of aryl methyl sites for hydroxylation is 1. The number of likely N-dealkylation sites (N-methyl/N-ethyl adjacent to an activating group) is 1. The molecular weight excluding hydrogens is 402 g/mol. The fraction of sp³-hybridized carbons (Fsp3) is 0.542. The van der Waals surface area contributed by atoms with Gasteiger partial charge in [0, 0.05) is 19.7 Å². The van der Waals surface area contributed by atoms with Gasteiger partial charge in [-0.25, -0.2) is 20.8 Å². The lowest BCUT2D eigenvalue weighted by molar-refractivity contribution is 0.153. The number of nitrogens with one attached hydrogen (secondary N) is 1. The molecule has 5 N–H and O–H groups in total. The Morgan fingerprint density at radius 2 is 1.94 bits per heavy atom. The van der Waals surface area contributed by atoms with E-state index in [0.29, 0.717) is 23.9 Å². The largest absolute Gasteiger partial charge is 0.489 e. The van der Waals surface area contributed by atoms with Crippen molar-refractivity contribution in [3.05, 3.63) is 47.3 Å². The fourth-order valence-corrected chi connectivity index (χ4v) is 3.88. The van der Waals surface area contributed by atoms with Gasteiger partial charge in [-0.05, 0) is 56.7 Å². The number of anilines is 1. The second-order valence-corrected chi connectivity index (χ2v) is 8.94. The molecule has 3 rings (SSSR count). The normalized spacial score (nSPS) is 15.4. The summed E-state index contributed by atoms with van der Waals surface area (Å²) in [6.45, 7) is 6.66. The topological polar surface area (TPSA) is 115 Å². The molecule has 0 radical (unpaired) electrons. The van der Waals surface area contributed by atoms with Crippen LogP contribution in [0.4, 0.5) is 5.82 Å². The van der Waals surface area contributed by atoms with Crippen molar-refractivity contribution in [1.82, 2.24) is 20.0 Å². The van der Waals surface area contributed by atoms with Crippen molar-refractivity contribution in [2.24, 2.45) is 17.5 Å². The Bertz CT molecular complexity index is 920. The van der Waals surface area contributed by atoms with Gasteiger partial charge >= 0.3 is 0 Å². The molecule has 1 aliphatic rings. The number of hydrogen-bond acceptors (Lipinski definition) is 8. The van der Waals surface area contributed by atoms with Crippen molar-refractivity contribution in [2.75, 3.05) is 18.9 Å². The predicted molar refractivity (Wildman–Crippen MR) is 129 cm³/mol. The maximum atomic E-state index is 6.49. The summed E-state index contributed by atoms with van der Waals surface area (Å²) in [5.41, 5.74) is 9.24. The zero-order chi connectivity index (χ0) is 23.1. The Morgan fingerprint density at radius 1 is 1.19 bits per heavy atom. The minimum atomic E-state index is 0.284. The zero-order valence-corrected chi connectivity index (χ0v) is 19.8. The van der Waals surface area contributed by atoms with Crippen molar-refractivity contribution in [1.29, 1.82) is 0 Å². The third kappa shape index (κ3) is 6.56. The summed E-state index contributed by atoms with van der Waals surface area (Å²) in [7, 11) is 1.77. The van der Waals surface area contributed by atoms with Crippen LogP contribution < -0.4 is 21.6 Å². The summed E-state index contributed by atoms with van der Waals surface area (Å²) in [6.07, 6.45) is 8.86. The SMILES string of the molecule is Cc1nc(/C(N)=C(\CNc2ccnc(CC(C)C)n2)N(C)N)ccc1OC1CCCCC1. The van der Waals surface area contributed by atoms with E-state index in [9.17, 15) is 0 Å². The zero-order valence-electron chi connectivity index (χ0n) is 19.8. The molecule has 1 fully saturated rings. The minimum absolute atomic E-state index is 0.284. The summed E-state index contributed by atoms with van der Waals surface area (Å²) >= 11 is 0. The third-order valence-corrected chi connectivity index (χ3v) is 5.63. The Morgan fingerprint density at radius 3 is 2.59 bits per heavy atom. The number of hydrogen-bond donors (Lipinski definition) is 3. The molecule has 1 saturated carbocycles. The van der Waals surface area contributed by atoms with Crippen LogP contribution in [0.2, 0.25) is 0 Å². The average Bonchev–Trinajstić information content (AvgIpc) is 2.75. The van der Waals surface area contributed by atoms with Crippen LogP contribution in [-0.2, 0) is 6.42 Å². The summed E-state index contributed by atoms with van der Waals surface area (Å²) in [6, 6.07) is 5.70. The lowest BCUT2D eigenvalue weighted by atomic mass is 9.98. The molecule has 0 amide bonds. The summed E-state index contributed by atoms with van der Waals surface area (Å²) in [5, 5.41) is 4.82. The minimum Gasteiger partial charge on any atom is -0.489 e. The number of pyridine rings is 1. The fourth-order valence-electron chi connectivity index (χ4n) is 3.88. The van der Waals surface area contributed by atoms with E-state index in [1.54, 1.807) is 13.2 Å². The number of rotatable bonds is 9. The van der Waals surface area contributed by atoms with E-state index in [0.717, 1.165) is 48.0 Å². The standard InChI is InChI=1S/C24H37N7O/c1-16(2)14-23-27-13-12-22(30-23)28-15-20(31(4)26)24(25)19-10-11-21(17(3)29-19)32-18-8-6-5-7-9-18/h10-13,16,18H,5-9,14-15,25-26H2,1-4H3,(H,27,28,30)/b24-20-. The van der Waals surface area contributed by atoms with E-state index in [-0.39, 0.29) is 6.10 Å². The molecular formula is C24H37N7O. The van der Waals surface area contributed by atoms with Crippen LogP contribution in [0.1, 0.15) is 63.2 Å². The van der Waals surface area contributed by atoms with Crippen molar-refractivity contribution < 1.29 is 4.74 Å². The van der Waals surface area contributed by atoms with Crippen LogP contribution in [0.5, 0.6) is 5.75 Å². The maximum absolute atomic E-state index is 6.49. The predicted octanol–water partition coefficient (Wildman–Crippen LogP) is 3.63. The first kappa shape index (κ1) is 23.8. The first-order valence-electron chi connectivity index (χ1n) is 11.5. The molecule has 0 atom stereocenters. The molecule has 8 nitrogen and oxygen atoms in total. The molecule has 2 heterocycles. The lowest BCUT2D eigenvalue weighted by Crippen LogP contribution is -2.32. The quantitative estimate of drug-likeness (QED) is 0.401. The molecule has 1 aliphatic carbocycles. The highest BCUT2D eigenvalue weighted by molar-refractivity contribution is 5.64. The molecule has 174 valence electrons. The van der Waals surface area contributed by atoms with E-state index in [1.807, 2.05) is 25.1 Å². The van der Waals surface area contributed by atoms with E-state index in [1.165, 1.54) is 24.3 Å². The van der Waals surface area contributed by atoms with E-state index in [2.05, 4.69) is 29.1 Å². The van der Waals surface area contributed by atoms with Crippen LogP contribution in [-0.4, -0.2) is 39.7 Å². The average molecular weight is 440 g/mol. The summed E-state index contributed by atoms with van der Waals surface area (Å²) in [4.78, 5) is 13.6. The highest BCUT2D eigenvalue weighted by atomic mass is 16.5. The molecule has 2 aromatic heterocycles. The smallest absolute Gasteiger partial charge is 0.140 e. The Balaban J connectivity index is 1.73. The summed E-state index contributed by atoms with van der Waals surface area (Å²) in [5.74, 6) is 8.97. The number of nitrogens with two attached hydrogens (primary N) is 2. The van der Waals surface area contributed by atoms with Gasteiger partial charge in [-0.1, -0.05) is 20.3 Å². The maximum Gasteiger partial charge on any atom is 0.140 e. The van der Waals surface area contributed by atoms with Gasteiger partial charge in [0.15, 0.2) is 0 Å². The highest BCUT2D eigenvalue weighted by Crippen LogP contribution is 2.26. The Kier molecular flexibility index (Phi) is 8.27. The molecule has 32 heavy (non-hydrogen) atoms. The molecule has 0 bridgehead atoms. The molecule has 0 unspecified atom stereocenters. The summed E-state index contributed by atoms with van der Waals surface area (Å²) < 4.78 is 6.19. The van der Waals surface area contributed by atoms with Crippen LogP contribution in [0.25, 0.3) is 5.70 Å². The van der Waals surface area contributed by atoms with Crippen molar-refractivity contribution in [3.8, 4) is 5.75 Å². The number of nitrogens with zero attached hydrogens (tertiary/aromatic N) is 4. The van der Waals surface area contributed by atoms with Crippen molar-refractivity contribution in [2.45, 2.75) is 65.4 Å². The van der Waals surface area contributed by atoms with Gasteiger partial charge in [0.1, 0.15) is 17.4 Å². The monoisotopic (exact) mass is 439 g/mol. The van der Waals surface area contributed by atoms with E-state index < -0.39 is 0 Å². The van der Waals surface area contributed by atoms with Crippen molar-refractivity contribution in [3.63, 3.8) is 0 Å². The first-order chi connectivity index (χ1) is 15.3. The molecule has 0 aliphatic heterocycles. The second-order valence-electron chi connectivity index (χ2n) is 8.94. The second kappa shape index (κ2) is 11.1. The van der Waals surface area contributed by atoms with Crippen LogP contribution >= 0.6 is 0 Å². The first-order valence-corrected chi connectivity index (χ1v) is 11.5. The lowest BCUT2D eigenvalue weighted by Gasteiger charge is -2.24. The number of hydrazine groups is 1. The van der Waals surface area contributed by atoms with Crippen LogP contribution in [0, 0.1) is 12.8 Å². The highest BCUT2D eigenvalue weighted by Gasteiger charge is 2.17. The van der Waals surface area contributed by atoms with Gasteiger partial charge in [-0.15, -0.1) is 0 Å². The molecule has 2 aromatic rings. The third-order valence-electron chi connectivity index (χ3n) is 5.63. The van der Waals surface area contributed by atoms with Crippen LogP contribution in [0.3, 0.4) is 0 Å². The van der Waals surface area contributed by atoms with Gasteiger partial charge in [-0.2, -0.15) is 0 Å². The molecule has 0 saturated heterocycles. The Labute approximate surface area is 191 Å². The van der Waals surface area contributed by atoms with Crippen molar-refractivity contribution >= 4 is 11.5 Å². The molecule has 8 heteroatoms. The van der Waals surface area contributed by atoms with Gasteiger partial charge < -0.3 is 20.8 Å². The van der Waals surface area contributed by atoms with Gasteiger partial charge in [0.25, 0.3) is 0 Å². The van der Waals surface area contributed by atoms with Gasteiger partial charge in [0.2, 0.25) is 0 Å². The molecule has 0 aromatic carbocycles. The van der Waals surface area contributed by atoms with E-state index in [4.69, 9.17) is 21.3 Å². The van der Waals surface area contributed by atoms with Crippen LogP contribution in [0.15, 0.2) is 30.1 Å².